The van der Waals surface area contributed by atoms with Gasteiger partial charge in [0.25, 0.3) is 0 Å². The molecular formula is C54H59N9O7S2. The van der Waals surface area contributed by atoms with E-state index in [1.165, 1.54) is 4.90 Å². The predicted molar refractivity (Wildman–Crippen MR) is 274 cm³/mol. The summed E-state index contributed by atoms with van der Waals surface area (Å²) in [5, 5.41) is 36.3. The number of ether oxygens (including phenoxy) is 1. The van der Waals surface area contributed by atoms with Crippen molar-refractivity contribution >= 4 is 52.1 Å². The van der Waals surface area contributed by atoms with Crippen molar-refractivity contribution in [3.8, 4) is 32.4 Å². The van der Waals surface area contributed by atoms with Gasteiger partial charge >= 0.3 is 5.97 Å². The Bertz CT molecular complexity index is 3110. The Labute approximate surface area is 426 Å². The molecule has 0 radical (unpaired) electrons. The molecule has 3 aliphatic carbocycles. The van der Waals surface area contributed by atoms with Gasteiger partial charge in [-0.1, -0.05) is 69.3 Å². The number of hydrogen-bond acceptors (Lipinski definition) is 13. The third-order valence-corrected chi connectivity index (χ3v) is 17.2. The maximum Gasteiger partial charge on any atom is 0.306 e. The van der Waals surface area contributed by atoms with Gasteiger partial charge in [0.15, 0.2) is 5.82 Å². The van der Waals surface area contributed by atoms with Crippen LogP contribution in [0, 0.1) is 43.9 Å². The number of carboxylic acid groups (broad SMARTS) is 1. The van der Waals surface area contributed by atoms with Gasteiger partial charge in [-0.15, -0.1) is 32.9 Å². The minimum absolute atomic E-state index is 0.000344. The number of thiazole rings is 1. The minimum Gasteiger partial charge on any atom is -0.481 e. The number of carbonyl (C=O) groups excluding carboxylic acids is 3. The topological polar surface area (TPSA) is 214 Å². The Morgan fingerprint density at radius 1 is 0.889 bits per heavy atom. The molecule has 72 heavy (non-hydrogen) atoms. The van der Waals surface area contributed by atoms with Crippen LogP contribution < -0.4 is 15.4 Å². The molecule has 6 aromatic rings. The smallest absolute Gasteiger partial charge is 0.306 e. The van der Waals surface area contributed by atoms with Crippen molar-refractivity contribution in [3.05, 3.63) is 117 Å². The lowest BCUT2D eigenvalue weighted by Gasteiger charge is -2.69. The number of hydrogen-bond donors (Lipinski definition) is 4. The molecule has 3 saturated carbocycles. The van der Waals surface area contributed by atoms with E-state index in [-0.39, 0.29) is 48.6 Å². The number of benzene rings is 2. The van der Waals surface area contributed by atoms with E-state index in [1.54, 1.807) is 28.9 Å². The van der Waals surface area contributed by atoms with Crippen LogP contribution in [-0.2, 0) is 19.2 Å². The summed E-state index contributed by atoms with van der Waals surface area (Å²) >= 11 is 3.20. The van der Waals surface area contributed by atoms with Crippen LogP contribution in [-0.4, -0.2) is 101 Å². The van der Waals surface area contributed by atoms with E-state index in [2.05, 4.69) is 44.6 Å². The molecule has 2 aliphatic heterocycles. The molecular weight excluding hydrogens is 951 g/mol. The third kappa shape index (κ3) is 8.91. The lowest BCUT2D eigenvalue weighted by molar-refractivity contribution is -0.218. The second kappa shape index (κ2) is 18.4. The standard InChI is InChI=1S/C54H59N9O7S2/c1-28-31(4)72-50-43(28)44(58-39(20-42(65)66)47-61-60-32(5)63(47)50)35-13-11-34(12-14-35)37-17-18-41(55-21-37)70-26-53-23-54(24-53,25-53)51(69)59-46(52(6,7)8)49(68)62-22-38(64)19-40(62)48(67)57-29(2)33-9-15-36(16-10-33)45-30(3)56-27-71-45/h9-18,21,27,29,38-40,46,64H,19-20,22-26H2,1-8H3,(H,57,67)(H,59,69)(H,65,66)/t29?,38-,39+,40+,46?,53?,54?/m1/s1. The van der Waals surface area contributed by atoms with Gasteiger partial charge in [-0.05, 0) is 87.6 Å². The molecule has 374 valence electrons. The number of β-amino-alcohol motifs (C(OH)–C–C–N with tert-alkyl or cyclic N) is 1. The fourth-order valence-electron chi connectivity index (χ4n) is 11.1. The van der Waals surface area contributed by atoms with E-state index in [0.29, 0.717) is 43.4 Å². The van der Waals surface area contributed by atoms with Crippen LogP contribution >= 0.6 is 22.7 Å². The molecule has 11 rings (SSSR count). The molecule has 5 aliphatic rings. The average Bonchev–Trinajstić information content (AvgIpc) is 4.09. The number of nitrogens with one attached hydrogen (secondary N) is 2. The highest BCUT2D eigenvalue weighted by atomic mass is 32.1. The Kier molecular flexibility index (Phi) is 12.5. The highest BCUT2D eigenvalue weighted by Gasteiger charge is 2.72. The molecule has 18 heteroatoms. The summed E-state index contributed by atoms with van der Waals surface area (Å²) in [5.41, 5.74) is 8.75. The summed E-state index contributed by atoms with van der Waals surface area (Å²) in [5.74, 6) is -0.208. The molecule has 6 heterocycles. The first-order chi connectivity index (χ1) is 34.2. The average molecular weight is 1010 g/mol. The highest BCUT2D eigenvalue weighted by molar-refractivity contribution is 7.15. The fourth-order valence-corrected chi connectivity index (χ4v) is 13.1. The number of rotatable bonds is 14. The molecule has 4 fully saturated rings. The number of aliphatic hydroxyl groups excluding tert-OH is 1. The van der Waals surface area contributed by atoms with Crippen molar-refractivity contribution in [2.24, 2.45) is 21.2 Å². The van der Waals surface area contributed by atoms with Gasteiger partial charge < -0.3 is 30.5 Å². The number of aliphatic carboxylic acids is 1. The number of aliphatic imine (C=N–C) groups is 1. The second-order valence-electron chi connectivity index (χ2n) is 21.3. The number of thiophene rings is 1. The Morgan fingerprint density at radius 3 is 2.21 bits per heavy atom. The van der Waals surface area contributed by atoms with Crippen LogP contribution in [0.5, 0.6) is 5.88 Å². The van der Waals surface area contributed by atoms with Gasteiger partial charge in [-0.25, -0.2) is 9.97 Å². The third-order valence-electron chi connectivity index (χ3n) is 15.0. The summed E-state index contributed by atoms with van der Waals surface area (Å²) in [6.07, 6.45) is 2.68. The number of fused-ring (bicyclic) bond motifs is 3. The largest absolute Gasteiger partial charge is 0.481 e. The number of carbonyl (C=O) groups is 4. The molecule has 1 saturated heterocycles. The van der Waals surface area contributed by atoms with Crippen molar-refractivity contribution in [2.75, 3.05) is 13.2 Å². The van der Waals surface area contributed by atoms with Gasteiger partial charge in [-0.2, -0.15) is 0 Å². The van der Waals surface area contributed by atoms with Gasteiger partial charge in [0, 0.05) is 52.2 Å². The zero-order valence-corrected chi connectivity index (χ0v) is 43.3. The molecule has 2 bridgehead atoms. The van der Waals surface area contributed by atoms with Gasteiger partial charge in [0.1, 0.15) is 29.0 Å². The number of aryl methyl sites for hydroxylation is 3. The Hall–Kier alpha value is -6.63. The SMILES string of the molecule is Cc1ncsc1-c1ccc(C(C)NC(=O)[C@@H]2C[C@@H](O)CN2C(=O)C(NC(=O)C23CC(COc4ccc(-c5ccc(C6=N[C@@H](CC(=O)O)c7nnc(C)n7-c7sc(C)c(C)c76)cc5)cn4)(C2)C3)C(C)(C)C)cc1. The summed E-state index contributed by atoms with van der Waals surface area (Å²) < 4.78 is 8.16. The lowest BCUT2D eigenvalue weighted by Crippen LogP contribution is -2.71. The van der Waals surface area contributed by atoms with E-state index in [4.69, 9.17) is 9.73 Å². The molecule has 2 unspecified atom stereocenters. The molecule has 4 aromatic heterocycles. The van der Waals surface area contributed by atoms with Gasteiger partial charge in [0.2, 0.25) is 23.6 Å². The van der Waals surface area contributed by atoms with Gasteiger partial charge in [-0.3, -0.25) is 28.7 Å². The van der Waals surface area contributed by atoms with Crippen LogP contribution in [0.3, 0.4) is 0 Å². The predicted octanol–water partition coefficient (Wildman–Crippen LogP) is 8.03. The molecule has 16 nitrogen and oxygen atoms in total. The van der Waals surface area contributed by atoms with Crippen molar-refractivity contribution in [3.63, 3.8) is 0 Å². The zero-order valence-electron chi connectivity index (χ0n) is 41.6. The number of aromatic nitrogens is 5. The first-order valence-corrected chi connectivity index (χ1v) is 26.0. The number of likely N-dealkylation sites (tertiary alicyclic amines) is 1. The summed E-state index contributed by atoms with van der Waals surface area (Å²) in [6.45, 7) is 16.0. The fraction of sp³-hybridized carbons (Fsp3) is 0.426. The van der Waals surface area contributed by atoms with E-state index in [0.717, 1.165) is 65.1 Å². The van der Waals surface area contributed by atoms with Crippen LogP contribution in [0.15, 0.2) is 77.4 Å². The summed E-state index contributed by atoms with van der Waals surface area (Å²) in [4.78, 5) is 71.9. The monoisotopic (exact) mass is 1010 g/mol. The molecule has 3 amide bonds. The van der Waals surface area contributed by atoms with E-state index in [9.17, 15) is 29.4 Å². The van der Waals surface area contributed by atoms with E-state index >= 15 is 0 Å². The van der Waals surface area contributed by atoms with Crippen molar-refractivity contribution in [1.29, 1.82) is 0 Å². The maximum absolute atomic E-state index is 14.4. The molecule has 0 spiro atoms. The molecule has 5 atom stereocenters. The first-order valence-electron chi connectivity index (χ1n) is 24.4. The normalized spacial score (nSPS) is 22.8. The van der Waals surface area contributed by atoms with Crippen molar-refractivity contribution < 1.29 is 34.1 Å². The molecule has 2 aromatic carbocycles. The van der Waals surface area contributed by atoms with E-state index in [1.807, 2.05) is 112 Å². The highest BCUT2D eigenvalue weighted by Crippen LogP contribution is 2.73. The van der Waals surface area contributed by atoms with Crippen molar-refractivity contribution in [2.45, 2.75) is 118 Å². The van der Waals surface area contributed by atoms with Gasteiger partial charge in [0.05, 0.1) is 52.4 Å². The van der Waals surface area contributed by atoms with Crippen LogP contribution in [0.1, 0.15) is 116 Å². The minimum atomic E-state index is -0.967. The van der Waals surface area contributed by atoms with Crippen LogP contribution in [0.25, 0.3) is 26.6 Å². The van der Waals surface area contributed by atoms with E-state index < -0.39 is 41.0 Å². The Balaban J connectivity index is 0.745. The zero-order chi connectivity index (χ0) is 51.0. The van der Waals surface area contributed by atoms with Crippen LogP contribution in [0.4, 0.5) is 0 Å². The number of nitrogens with zero attached hydrogens (tertiary/aromatic N) is 7. The lowest BCUT2D eigenvalue weighted by atomic mass is 9.35. The maximum atomic E-state index is 14.4. The summed E-state index contributed by atoms with van der Waals surface area (Å²) in [6, 6.07) is 16.9. The van der Waals surface area contributed by atoms with Crippen molar-refractivity contribution in [1.82, 2.24) is 40.3 Å². The molecule has 4 N–H and O–H groups in total. The number of carboxylic acids is 1. The number of pyridine rings is 1. The number of amides is 3. The summed E-state index contributed by atoms with van der Waals surface area (Å²) in [7, 11) is 0. The first kappa shape index (κ1) is 49.0. The quantitative estimate of drug-likeness (QED) is 0.0820. The second-order valence-corrected chi connectivity index (χ2v) is 23.4. The van der Waals surface area contributed by atoms with Crippen LogP contribution in [0.2, 0.25) is 0 Å². The Morgan fingerprint density at radius 2 is 1.57 bits per heavy atom. The number of aliphatic hydroxyl groups is 1.